The molecule has 0 aromatic heterocycles. The summed E-state index contributed by atoms with van der Waals surface area (Å²) in [5.41, 5.74) is -0.189. The molecule has 6 nitrogen and oxygen atoms in total. The van der Waals surface area contributed by atoms with Crippen LogP contribution in [0.4, 0.5) is 0 Å². The molecule has 6 heteroatoms. The first-order chi connectivity index (χ1) is 16.4. The van der Waals surface area contributed by atoms with Crippen LogP contribution in [0.25, 0.3) is 0 Å². The summed E-state index contributed by atoms with van der Waals surface area (Å²) in [5.74, 6) is 1.33. The molecule has 13 atom stereocenters. The lowest BCUT2D eigenvalue weighted by Crippen LogP contribution is -2.55. The van der Waals surface area contributed by atoms with E-state index in [4.69, 9.17) is 9.47 Å². The average Bonchev–Trinajstić information content (AvgIpc) is 3.13. The van der Waals surface area contributed by atoms with Crippen molar-refractivity contribution in [1.82, 2.24) is 0 Å². The van der Waals surface area contributed by atoms with Crippen LogP contribution in [0.5, 0.6) is 0 Å². The van der Waals surface area contributed by atoms with Gasteiger partial charge in [0.25, 0.3) is 0 Å². The van der Waals surface area contributed by atoms with E-state index in [-0.39, 0.29) is 46.6 Å². The van der Waals surface area contributed by atoms with Gasteiger partial charge in [-0.1, -0.05) is 41.5 Å². The third kappa shape index (κ3) is 4.38. The molecule has 1 saturated heterocycles. The zero-order valence-corrected chi connectivity index (χ0v) is 22.9. The van der Waals surface area contributed by atoms with Gasteiger partial charge in [0.15, 0.2) is 0 Å². The molecule has 4 aliphatic rings. The summed E-state index contributed by atoms with van der Waals surface area (Å²) in [6.45, 7) is 13.4. The SMILES string of the molecule is CO[C@@H]1C[C@@]2(C)[C@H](C[C@@H]1O)C(=O)OC[C@@H]1[C@@H]2CC[C@]2(C)[C@@H]([C@H](C)[C@@H](O)[C@H](O)[C@@H](C)C(C)C)CC[C@@H]12. The summed E-state index contributed by atoms with van der Waals surface area (Å²) >= 11 is 0. The zero-order chi connectivity index (χ0) is 25.9. The first kappa shape index (κ1) is 27.3. The highest BCUT2D eigenvalue weighted by molar-refractivity contribution is 5.74. The molecule has 3 N–H and O–H groups in total. The minimum absolute atomic E-state index is 0.0112. The molecule has 0 amide bonds. The summed E-state index contributed by atoms with van der Waals surface area (Å²) in [4.78, 5) is 13.1. The number of cyclic esters (lactones) is 1. The van der Waals surface area contributed by atoms with E-state index in [1.807, 2.05) is 6.92 Å². The van der Waals surface area contributed by atoms with E-state index in [2.05, 4.69) is 34.6 Å². The molecule has 35 heavy (non-hydrogen) atoms. The third-order valence-electron chi connectivity index (χ3n) is 11.8. The van der Waals surface area contributed by atoms with Gasteiger partial charge >= 0.3 is 5.97 Å². The Labute approximate surface area is 212 Å². The van der Waals surface area contributed by atoms with E-state index in [0.717, 1.165) is 25.7 Å². The Bertz CT molecular complexity index is 770. The summed E-state index contributed by atoms with van der Waals surface area (Å²) in [6, 6.07) is 0. The Morgan fingerprint density at radius 2 is 1.66 bits per heavy atom. The molecule has 202 valence electrons. The molecule has 4 rings (SSSR count). The fourth-order valence-corrected chi connectivity index (χ4v) is 9.17. The van der Waals surface area contributed by atoms with E-state index in [1.54, 1.807) is 7.11 Å². The number of hydrogen-bond donors (Lipinski definition) is 3. The minimum atomic E-state index is -0.734. The molecular weight excluding hydrogens is 444 g/mol. The zero-order valence-electron chi connectivity index (χ0n) is 22.9. The predicted molar refractivity (Wildman–Crippen MR) is 134 cm³/mol. The molecule has 4 fully saturated rings. The van der Waals surface area contributed by atoms with Crippen molar-refractivity contribution in [3.63, 3.8) is 0 Å². The fourth-order valence-electron chi connectivity index (χ4n) is 9.17. The quantitative estimate of drug-likeness (QED) is 0.482. The molecule has 3 aliphatic carbocycles. The van der Waals surface area contributed by atoms with Gasteiger partial charge in [-0.25, -0.2) is 0 Å². The first-order valence-electron chi connectivity index (χ1n) is 14.1. The van der Waals surface area contributed by atoms with Crippen LogP contribution in [0.2, 0.25) is 0 Å². The van der Waals surface area contributed by atoms with Crippen molar-refractivity contribution >= 4 is 5.97 Å². The van der Waals surface area contributed by atoms with Crippen LogP contribution >= 0.6 is 0 Å². The minimum Gasteiger partial charge on any atom is -0.465 e. The number of fused-ring (bicyclic) bond motifs is 5. The molecule has 0 bridgehead atoms. The summed E-state index contributed by atoms with van der Waals surface area (Å²) < 4.78 is 11.6. The van der Waals surface area contributed by atoms with Gasteiger partial charge in [0.05, 0.1) is 36.9 Å². The molecule has 1 aliphatic heterocycles. The summed E-state index contributed by atoms with van der Waals surface area (Å²) in [5, 5.41) is 32.7. The van der Waals surface area contributed by atoms with Crippen molar-refractivity contribution in [2.45, 2.75) is 104 Å². The average molecular weight is 495 g/mol. The molecule has 0 aromatic carbocycles. The van der Waals surface area contributed by atoms with Crippen molar-refractivity contribution < 1.29 is 29.6 Å². The van der Waals surface area contributed by atoms with E-state index in [9.17, 15) is 20.1 Å². The monoisotopic (exact) mass is 494 g/mol. The Balaban J connectivity index is 1.58. The van der Waals surface area contributed by atoms with Gasteiger partial charge < -0.3 is 24.8 Å². The second-order valence-corrected chi connectivity index (χ2v) is 13.5. The van der Waals surface area contributed by atoms with Gasteiger partial charge in [-0.2, -0.15) is 0 Å². The number of carbonyl (C=O) groups is 1. The van der Waals surface area contributed by atoms with Gasteiger partial charge in [0.2, 0.25) is 0 Å². The molecular formula is C29H50O6. The Kier molecular flexibility index (Phi) is 7.72. The number of methoxy groups -OCH3 is 1. The van der Waals surface area contributed by atoms with E-state index in [1.165, 1.54) is 0 Å². The molecule has 0 radical (unpaired) electrons. The topological polar surface area (TPSA) is 96.2 Å². The number of aliphatic hydroxyl groups excluding tert-OH is 3. The van der Waals surface area contributed by atoms with E-state index >= 15 is 0 Å². The molecule has 3 saturated carbocycles. The third-order valence-corrected chi connectivity index (χ3v) is 11.8. The largest absolute Gasteiger partial charge is 0.465 e. The van der Waals surface area contributed by atoms with Crippen molar-refractivity contribution in [2.75, 3.05) is 13.7 Å². The van der Waals surface area contributed by atoms with Gasteiger partial charge in [0.1, 0.15) is 0 Å². The number of ether oxygens (including phenoxy) is 2. The van der Waals surface area contributed by atoms with Crippen molar-refractivity contribution in [1.29, 1.82) is 0 Å². The van der Waals surface area contributed by atoms with E-state index in [0.29, 0.717) is 43.1 Å². The summed E-state index contributed by atoms with van der Waals surface area (Å²) in [7, 11) is 1.66. The molecule has 0 aromatic rings. The lowest BCUT2D eigenvalue weighted by Gasteiger charge is -2.56. The van der Waals surface area contributed by atoms with Crippen LogP contribution in [0.3, 0.4) is 0 Å². The highest BCUT2D eigenvalue weighted by Gasteiger charge is 2.63. The molecule has 1 heterocycles. The maximum Gasteiger partial charge on any atom is 0.309 e. The van der Waals surface area contributed by atoms with Crippen molar-refractivity contribution in [3.8, 4) is 0 Å². The number of aliphatic hydroxyl groups is 3. The number of hydrogen-bond acceptors (Lipinski definition) is 6. The van der Waals surface area contributed by atoms with Crippen LogP contribution in [0.15, 0.2) is 0 Å². The summed E-state index contributed by atoms with van der Waals surface area (Å²) in [6.07, 6.45) is 2.97. The fraction of sp³-hybridized carbons (Fsp3) is 0.966. The van der Waals surface area contributed by atoms with Gasteiger partial charge in [0, 0.05) is 7.11 Å². The van der Waals surface area contributed by atoms with Gasteiger partial charge in [-0.05, 0) is 90.8 Å². The Morgan fingerprint density at radius 1 is 1.00 bits per heavy atom. The van der Waals surface area contributed by atoms with Gasteiger partial charge in [-0.15, -0.1) is 0 Å². The number of carbonyl (C=O) groups excluding carboxylic acids is 1. The highest BCUT2D eigenvalue weighted by atomic mass is 16.5. The highest BCUT2D eigenvalue weighted by Crippen LogP contribution is 2.66. The van der Waals surface area contributed by atoms with Crippen LogP contribution < -0.4 is 0 Å². The van der Waals surface area contributed by atoms with Crippen molar-refractivity contribution in [3.05, 3.63) is 0 Å². The lowest BCUT2D eigenvalue weighted by molar-refractivity contribution is -0.164. The van der Waals surface area contributed by atoms with Crippen LogP contribution in [-0.4, -0.2) is 59.4 Å². The number of rotatable bonds is 6. The predicted octanol–water partition coefficient (Wildman–Crippen LogP) is 4.04. The van der Waals surface area contributed by atoms with E-state index < -0.39 is 18.3 Å². The van der Waals surface area contributed by atoms with Crippen LogP contribution in [0, 0.1) is 58.2 Å². The Hall–Kier alpha value is -0.690. The van der Waals surface area contributed by atoms with Crippen molar-refractivity contribution in [2.24, 2.45) is 58.2 Å². The normalized spacial score (nSPS) is 47.1. The maximum absolute atomic E-state index is 13.1. The van der Waals surface area contributed by atoms with Crippen LogP contribution in [-0.2, 0) is 14.3 Å². The Morgan fingerprint density at radius 3 is 2.29 bits per heavy atom. The lowest BCUT2D eigenvalue weighted by atomic mass is 9.48. The van der Waals surface area contributed by atoms with Crippen LogP contribution in [0.1, 0.15) is 80.1 Å². The second kappa shape index (κ2) is 9.89. The molecule has 0 spiro atoms. The van der Waals surface area contributed by atoms with Gasteiger partial charge in [-0.3, -0.25) is 4.79 Å². The maximum atomic E-state index is 13.1. The standard InChI is InChI=1S/C29H50O6/c1-15(2)16(3)25(31)26(32)17(4)19-8-9-20-18-14-35-27(33)22-12-23(30)24(34-7)13-29(22,6)21(18)10-11-28(19,20)5/h15-26,30-32H,8-14H2,1-7H3/t16-,17-,18-,19+,20-,21-,22+,23-,24+,25+,26+,28+,29+/m0/s1. The number of esters is 1. The smallest absolute Gasteiger partial charge is 0.309 e. The first-order valence-corrected chi connectivity index (χ1v) is 14.1. The molecule has 0 unspecified atom stereocenters. The second-order valence-electron chi connectivity index (χ2n) is 13.5.